The summed E-state index contributed by atoms with van der Waals surface area (Å²) in [5.74, 6) is 1.72. The molecule has 0 aromatic heterocycles. The Hall–Kier alpha value is -1.06. The molecule has 0 bridgehead atoms. The average Bonchev–Trinajstić information content (AvgIpc) is 2.72. The van der Waals surface area contributed by atoms with Crippen molar-refractivity contribution in [3.63, 3.8) is 0 Å². The first kappa shape index (κ1) is 26.0. The van der Waals surface area contributed by atoms with Crippen molar-refractivity contribution in [2.75, 3.05) is 58.0 Å². The maximum absolute atomic E-state index is 5.48. The highest BCUT2D eigenvalue weighted by Crippen LogP contribution is 2.23. The van der Waals surface area contributed by atoms with Gasteiger partial charge in [-0.2, -0.15) is 0 Å². The second-order valence-electron chi connectivity index (χ2n) is 7.42. The smallest absolute Gasteiger partial charge is 0.191 e. The Balaban J connectivity index is 0.00000420. The Morgan fingerprint density at radius 3 is 2.48 bits per heavy atom. The molecule has 0 amide bonds. The molecule has 0 aliphatic carbocycles. The van der Waals surface area contributed by atoms with Crippen LogP contribution >= 0.6 is 24.0 Å². The summed E-state index contributed by atoms with van der Waals surface area (Å²) in [5.41, 5.74) is 2.56. The molecule has 1 fully saturated rings. The van der Waals surface area contributed by atoms with Gasteiger partial charge in [-0.25, -0.2) is 4.99 Å². The molecule has 0 saturated carbocycles. The lowest BCUT2D eigenvalue weighted by Gasteiger charge is -2.32. The van der Waals surface area contributed by atoms with E-state index in [-0.39, 0.29) is 24.0 Å². The van der Waals surface area contributed by atoms with Gasteiger partial charge in [-0.1, -0.05) is 19.1 Å². The van der Waals surface area contributed by atoms with Gasteiger partial charge in [0.15, 0.2) is 5.96 Å². The van der Waals surface area contributed by atoms with Crippen molar-refractivity contribution in [2.24, 2.45) is 10.9 Å². The zero-order valence-electron chi connectivity index (χ0n) is 18.3. The van der Waals surface area contributed by atoms with Crippen LogP contribution < -0.4 is 15.5 Å². The van der Waals surface area contributed by atoms with E-state index in [1.807, 2.05) is 0 Å². The monoisotopic (exact) mass is 518 g/mol. The topological polar surface area (TPSA) is 58.1 Å². The molecule has 0 radical (unpaired) electrons. The quantitative estimate of drug-likeness (QED) is 0.203. The normalized spacial score (nSPS) is 15.1. The lowest BCUT2D eigenvalue weighted by molar-refractivity contribution is 0.0698. The maximum Gasteiger partial charge on any atom is 0.191 e. The Kier molecular flexibility index (Phi) is 14.1. The summed E-state index contributed by atoms with van der Waals surface area (Å²) in [5, 5.41) is 6.67. The van der Waals surface area contributed by atoms with E-state index in [1.54, 1.807) is 7.11 Å². The molecule has 1 saturated heterocycles. The highest BCUT2D eigenvalue weighted by atomic mass is 127. The molecule has 0 spiro atoms. The van der Waals surface area contributed by atoms with Crippen LogP contribution in [0.3, 0.4) is 0 Å². The summed E-state index contributed by atoms with van der Waals surface area (Å²) in [6, 6.07) is 8.87. The Bertz CT molecular complexity index is 560. The summed E-state index contributed by atoms with van der Waals surface area (Å²) in [4.78, 5) is 7.20. The van der Waals surface area contributed by atoms with Crippen LogP contribution in [-0.2, 0) is 16.0 Å². The van der Waals surface area contributed by atoms with Crippen molar-refractivity contribution in [3.05, 3.63) is 29.8 Å². The lowest BCUT2D eigenvalue weighted by Crippen LogP contribution is -2.38. The second kappa shape index (κ2) is 15.7. The Morgan fingerprint density at radius 1 is 1.10 bits per heavy atom. The van der Waals surface area contributed by atoms with Crippen LogP contribution in [0.1, 0.15) is 38.7 Å². The zero-order valence-corrected chi connectivity index (χ0v) is 20.6. The predicted molar refractivity (Wildman–Crippen MR) is 133 cm³/mol. The average molecular weight is 518 g/mol. The number of ether oxygens (including phenoxy) is 2. The van der Waals surface area contributed by atoms with Crippen LogP contribution in [0.5, 0.6) is 0 Å². The third-order valence-electron chi connectivity index (χ3n) is 5.04. The number of methoxy groups -OCH3 is 1. The van der Waals surface area contributed by atoms with Gasteiger partial charge in [0.05, 0.1) is 19.8 Å². The molecule has 1 aliphatic rings. The zero-order chi connectivity index (χ0) is 20.0. The van der Waals surface area contributed by atoms with Gasteiger partial charge in [-0.3, -0.25) is 0 Å². The van der Waals surface area contributed by atoms with Crippen LogP contribution in [0.25, 0.3) is 0 Å². The van der Waals surface area contributed by atoms with E-state index < -0.39 is 0 Å². The number of hydrogen-bond acceptors (Lipinski definition) is 4. The molecule has 2 rings (SSSR count). The van der Waals surface area contributed by atoms with Crippen LogP contribution in [0.2, 0.25) is 0 Å². The van der Waals surface area contributed by atoms with E-state index in [0.29, 0.717) is 19.8 Å². The third kappa shape index (κ3) is 10.5. The molecule has 1 aromatic carbocycles. The number of anilines is 1. The van der Waals surface area contributed by atoms with Crippen molar-refractivity contribution < 1.29 is 9.47 Å². The van der Waals surface area contributed by atoms with Crippen LogP contribution in [0.15, 0.2) is 29.3 Å². The number of aliphatic imine (C=N–C) groups is 1. The van der Waals surface area contributed by atoms with Crippen molar-refractivity contribution in [2.45, 2.75) is 39.7 Å². The van der Waals surface area contributed by atoms with E-state index in [0.717, 1.165) is 38.0 Å². The van der Waals surface area contributed by atoms with Crippen LogP contribution in [-0.4, -0.2) is 59.1 Å². The van der Waals surface area contributed by atoms with Gasteiger partial charge in [-0.15, -0.1) is 24.0 Å². The maximum atomic E-state index is 5.48. The van der Waals surface area contributed by atoms with E-state index in [4.69, 9.17) is 14.5 Å². The van der Waals surface area contributed by atoms with E-state index in [2.05, 4.69) is 53.6 Å². The molecule has 0 unspecified atom stereocenters. The highest BCUT2D eigenvalue weighted by Gasteiger charge is 2.15. The number of piperidine rings is 1. The predicted octanol–water partition coefficient (Wildman–Crippen LogP) is 3.65. The molecule has 1 aromatic rings. The van der Waals surface area contributed by atoms with Crippen molar-refractivity contribution in [1.82, 2.24) is 10.6 Å². The van der Waals surface area contributed by atoms with Crippen LogP contribution in [0.4, 0.5) is 5.69 Å². The highest BCUT2D eigenvalue weighted by molar-refractivity contribution is 14.0. The number of rotatable bonds is 11. The minimum absolute atomic E-state index is 0. The Morgan fingerprint density at radius 2 is 1.83 bits per heavy atom. The number of nitrogens with one attached hydrogen (secondary N) is 2. The third-order valence-corrected chi connectivity index (χ3v) is 5.04. The van der Waals surface area contributed by atoms with Crippen molar-refractivity contribution in [1.29, 1.82) is 0 Å². The molecule has 7 heteroatoms. The number of guanidine groups is 1. The van der Waals surface area contributed by atoms with E-state index in [9.17, 15) is 0 Å². The molecule has 1 heterocycles. The van der Waals surface area contributed by atoms with Gasteiger partial charge in [0.25, 0.3) is 0 Å². The molecule has 0 atom stereocenters. The van der Waals surface area contributed by atoms with Gasteiger partial charge < -0.3 is 25.0 Å². The summed E-state index contributed by atoms with van der Waals surface area (Å²) in [6.07, 6.45) is 3.53. The van der Waals surface area contributed by atoms with Gasteiger partial charge >= 0.3 is 0 Å². The molecular weight excluding hydrogens is 479 g/mol. The summed E-state index contributed by atoms with van der Waals surface area (Å²) >= 11 is 0. The van der Waals surface area contributed by atoms with E-state index >= 15 is 0 Å². The standard InChI is InChI=1S/C22H38N4O2.HI/c1-4-23-22(24-12-5-15-28-17-16-27-3)25-18-20-6-8-21(9-7-20)26-13-10-19(2)11-14-26;/h6-9,19H,4-5,10-18H2,1-3H3,(H2,23,24,25);1H. The summed E-state index contributed by atoms with van der Waals surface area (Å²) in [6.45, 7) is 11.2. The minimum Gasteiger partial charge on any atom is -0.382 e. The molecule has 1 aliphatic heterocycles. The lowest BCUT2D eigenvalue weighted by atomic mass is 9.99. The fourth-order valence-corrected chi connectivity index (χ4v) is 3.22. The van der Waals surface area contributed by atoms with Gasteiger partial charge in [0.1, 0.15) is 0 Å². The molecule has 6 nitrogen and oxygen atoms in total. The molecule has 29 heavy (non-hydrogen) atoms. The first-order chi connectivity index (χ1) is 13.7. The van der Waals surface area contributed by atoms with Crippen LogP contribution in [0, 0.1) is 5.92 Å². The molecular formula is C22H39IN4O2. The number of hydrogen-bond donors (Lipinski definition) is 2. The molecule has 2 N–H and O–H groups in total. The number of halogens is 1. The van der Waals surface area contributed by atoms with Gasteiger partial charge in [0.2, 0.25) is 0 Å². The SMILES string of the molecule is CCNC(=NCc1ccc(N2CCC(C)CC2)cc1)NCCCOCCOC.I. The largest absolute Gasteiger partial charge is 0.382 e. The Labute approximate surface area is 193 Å². The van der Waals surface area contributed by atoms with E-state index in [1.165, 1.54) is 37.2 Å². The summed E-state index contributed by atoms with van der Waals surface area (Å²) in [7, 11) is 1.69. The number of nitrogens with zero attached hydrogens (tertiary/aromatic N) is 2. The summed E-state index contributed by atoms with van der Waals surface area (Å²) < 4.78 is 10.4. The minimum atomic E-state index is 0. The van der Waals surface area contributed by atoms with Gasteiger partial charge in [0, 0.05) is 45.6 Å². The van der Waals surface area contributed by atoms with Crippen molar-refractivity contribution in [3.8, 4) is 0 Å². The first-order valence-electron chi connectivity index (χ1n) is 10.7. The first-order valence-corrected chi connectivity index (χ1v) is 10.7. The van der Waals surface area contributed by atoms with Crippen molar-refractivity contribution >= 4 is 35.6 Å². The second-order valence-corrected chi connectivity index (χ2v) is 7.42. The fraction of sp³-hybridized carbons (Fsp3) is 0.682. The van der Waals surface area contributed by atoms with Gasteiger partial charge in [-0.05, 0) is 49.8 Å². The fourth-order valence-electron chi connectivity index (χ4n) is 3.22. The molecule has 166 valence electrons. The number of benzene rings is 1.